The van der Waals surface area contributed by atoms with Crippen molar-refractivity contribution in [1.29, 1.82) is 10.5 Å². The van der Waals surface area contributed by atoms with E-state index in [4.69, 9.17) is 16.7 Å². The molecule has 1 aliphatic heterocycles. The van der Waals surface area contributed by atoms with Gasteiger partial charge in [0.15, 0.2) is 6.19 Å². The maximum atomic E-state index is 9.36. The van der Waals surface area contributed by atoms with E-state index in [1.165, 1.54) is 0 Å². The van der Waals surface area contributed by atoms with E-state index in [0.29, 0.717) is 11.4 Å². The van der Waals surface area contributed by atoms with Crippen LogP contribution in [0.3, 0.4) is 0 Å². The fourth-order valence-electron chi connectivity index (χ4n) is 2.99. The standard InChI is InChI=1S/C16H11BrN10/c17-13-7-3-6(1-2-9(7)26-27-13)12-10-11(20)8(4-18)14(21)24-15(10)25-16(23-12)22-5-19/h1-3,12H,(H,26,27)(H6,20,21,22,23,24,25). The maximum Gasteiger partial charge on any atom is 0.211 e. The van der Waals surface area contributed by atoms with Crippen LogP contribution >= 0.6 is 15.9 Å². The summed E-state index contributed by atoms with van der Waals surface area (Å²) in [5.41, 5.74) is 14.4. The Morgan fingerprint density at radius 1 is 1.26 bits per heavy atom. The van der Waals surface area contributed by atoms with Gasteiger partial charge in [-0.2, -0.15) is 15.6 Å². The molecule has 27 heavy (non-hydrogen) atoms. The highest BCUT2D eigenvalue weighted by molar-refractivity contribution is 9.10. The fraction of sp³-hybridized carbons (Fsp3) is 0.0625. The van der Waals surface area contributed by atoms with Gasteiger partial charge < -0.3 is 16.8 Å². The number of rotatable bonds is 1. The van der Waals surface area contributed by atoms with E-state index in [2.05, 4.69) is 46.7 Å². The largest absolute Gasteiger partial charge is 0.397 e. The number of anilines is 3. The van der Waals surface area contributed by atoms with Crippen LogP contribution in [-0.2, 0) is 0 Å². The molecule has 0 saturated carbocycles. The molecule has 1 atom stereocenters. The summed E-state index contributed by atoms with van der Waals surface area (Å²) in [6.45, 7) is 0. The van der Waals surface area contributed by atoms with Crippen LogP contribution in [0.2, 0.25) is 0 Å². The normalized spacial score (nSPS) is 15.2. The predicted molar refractivity (Wildman–Crippen MR) is 103 cm³/mol. The second-order valence-corrected chi connectivity index (χ2v) is 6.51. The van der Waals surface area contributed by atoms with Crippen molar-refractivity contribution in [2.24, 2.45) is 4.99 Å². The highest BCUT2D eigenvalue weighted by atomic mass is 79.9. The van der Waals surface area contributed by atoms with E-state index < -0.39 is 6.04 Å². The molecule has 0 fully saturated rings. The lowest BCUT2D eigenvalue weighted by Crippen LogP contribution is -2.32. The van der Waals surface area contributed by atoms with Crippen LogP contribution in [0, 0.1) is 22.8 Å². The Hall–Kier alpha value is -3.83. The summed E-state index contributed by atoms with van der Waals surface area (Å²) in [5.74, 6) is 0.553. The van der Waals surface area contributed by atoms with Crippen LogP contribution in [0.25, 0.3) is 10.9 Å². The van der Waals surface area contributed by atoms with Gasteiger partial charge >= 0.3 is 0 Å². The van der Waals surface area contributed by atoms with Gasteiger partial charge in [0, 0.05) is 10.9 Å². The van der Waals surface area contributed by atoms with Crippen molar-refractivity contribution in [3.63, 3.8) is 0 Å². The van der Waals surface area contributed by atoms with Gasteiger partial charge in [0.05, 0.1) is 11.2 Å². The molecule has 3 aromatic rings. The molecule has 0 saturated heterocycles. The number of pyridine rings is 1. The Balaban J connectivity index is 1.97. The van der Waals surface area contributed by atoms with E-state index in [1.807, 2.05) is 30.5 Å². The quantitative estimate of drug-likeness (QED) is 0.290. The van der Waals surface area contributed by atoms with Crippen molar-refractivity contribution in [1.82, 2.24) is 20.5 Å². The summed E-state index contributed by atoms with van der Waals surface area (Å²) in [7, 11) is 0. The SMILES string of the molecule is N#CNC1=NC(c2ccc3n[nH]c(Br)c3c2)c2c(nc(N)c(C#N)c2N)N1. The minimum Gasteiger partial charge on any atom is -0.397 e. The number of benzene rings is 1. The first-order chi connectivity index (χ1) is 13.0. The number of nitrogens with two attached hydrogens (primary N) is 2. The van der Waals surface area contributed by atoms with E-state index >= 15 is 0 Å². The molecule has 7 N–H and O–H groups in total. The van der Waals surface area contributed by atoms with Crippen LogP contribution < -0.4 is 22.1 Å². The number of nitrogen functional groups attached to an aromatic ring is 2. The summed E-state index contributed by atoms with van der Waals surface area (Å²) in [6.07, 6.45) is 1.82. The number of aromatic nitrogens is 3. The van der Waals surface area contributed by atoms with E-state index in [-0.39, 0.29) is 23.0 Å². The zero-order valence-electron chi connectivity index (χ0n) is 13.6. The molecule has 0 spiro atoms. The molecule has 2 aromatic heterocycles. The summed E-state index contributed by atoms with van der Waals surface area (Å²) in [6, 6.07) is 6.98. The molecular formula is C16H11BrN10. The van der Waals surface area contributed by atoms with E-state index in [1.54, 1.807) is 0 Å². The summed E-state index contributed by atoms with van der Waals surface area (Å²) < 4.78 is 0.731. The van der Waals surface area contributed by atoms with Crippen molar-refractivity contribution in [2.75, 3.05) is 16.8 Å². The average molecular weight is 423 g/mol. The highest BCUT2D eigenvalue weighted by Gasteiger charge is 2.29. The first-order valence-electron chi connectivity index (χ1n) is 7.66. The molecule has 1 aliphatic rings. The minimum atomic E-state index is -0.594. The molecule has 3 heterocycles. The number of nitrogens with one attached hydrogen (secondary N) is 3. The Morgan fingerprint density at radius 2 is 2.07 bits per heavy atom. The van der Waals surface area contributed by atoms with Gasteiger partial charge in [-0.05, 0) is 33.6 Å². The van der Waals surface area contributed by atoms with E-state index in [0.717, 1.165) is 21.1 Å². The van der Waals surface area contributed by atoms with Crippen molar-refractivity contribution < 1.29 is 0 Å². The Bertz CT molecular complexity index is 1200. The van der Waals surface area contributed by atoms with Crippen LogP contribution in [0.4, 0.5) is 17.3 Å². The monoisotopic (exact) mass is 422 g/mol. The zero-order valence-corrected chi connectivity index (χ0v) is 15.2. The maximum absolute atomic E-state index is 9.36. The molecule has 10 nitrogen and oxygen atoms in total. The number of nitrogens with zero attached hydrogens (tertiary/aromatic N) is 5. The predicted octanol–water partition coefficient (Wildman–Crippen LogP) is 1.70. The van der Waals surface area contributed by atoms with Gasteiger partial charge in [0.25, 0.3) is 0 Å². The fourth-order valence-corrected chi connectivity index (χ4v) is 3.39. The van der Waals surface area contributed by atoms with Gasteiger partial charge in [-0.3, -0.25) is 10.4 Å². The molecule has 11 heteroatoms. The number of aliphatic imine (C=N–C) groups is 1. The molecule has 0 aliphatic carbocycles. The molecule has 4 rings (SSSR count). The lowest BCUT2D eigenvalue weighted by atomic mass is 9.94. The summed E-state index contributed by atoms with van der Waals surface area (Å²) in [4.78, 5) is 8.76. The molecule has 132 valence electrons. The number of guanidine groups is 1. The first kappa shape index (κ1) is 16.6. The van der Waals surface area contributed by atoms with Gasteiger partial charge in [-0.1, -0.05) is 6.07 Å². The van der Waals surface area contributed by atoms with Crippen molar-refractivity contribution in [3.05, 3.63) is 39.5 Å². The number of H-pyrrole nitrogens is 1. The highest BCUT2D eigenvalue weighted by Crippen LogP contribution is 2.41. The number of nitriles is 2. The number of hydrogen-bond donors (Lipinski definition) is 5. The topological polar surface area (TPSA) is 178 Å². The lowest BCUT2D eigenvalue weighted by Gasteiger charge is -2.26. The number of hydrogen-bond acceptors (Lipinski definition) is 9. The molecule has 0 amide bonds. The number of aromatic amines is 1. The molecule has 1 unspecified atom stereocenters. The smallest absolute Gasteiger partial charge is 0.211 e. The third kappa shape index (κ3) is 2.58. The van der Waals surface area contributed by atoms with Crippen molar-refractivity contribution in [2.45, 2.75) is 6.04 Å². The third-order valence-corrected chi connectivity index (χ3v) is 4.81. The zero-order chi connectivity index (χ0) is 19.1. The van der Waals surface area contributed by atoms with E-state index in [9.17, 15) is 5.26 Å². The first-order valence-corrected chi connectivity index (χ1v) is 8.45. The summed E-state index contributed by atoms with van der Waals surface area (Å²) >= 11 is 3.42. The van der Waals surface area contributed by atoms with Gasteiger partial charge in [-0.15, -0.1) is 0 Å². The minimum absolute atomic E-state index is 0.00578. The molecule has 1 aromatic carbocycles. The molecular weight excluding hydrogens is 412 g/mol. The van der Waals surface area contributed by atoms with Gasteiger partial charge in [0.1, 0.15) is 33.9 Å². The summed E-state index contributed by atoms with van der Waals surface area (Å²) in [5, 5.41) is 31.6. The Morgan fingerprint density at radius 3 is 2.81 bits per heavy atom. The van der Waals surface area contributed by atoms with Crippen molar-refractivity contribution >= 4 is 50.1 Å². The Labute approximate surface area is 161 Å². The Kier molecular flexibility index (Phi) is 3.79. The third-order valence-electron chi connectivity index (χ3n) is 4.20. The average Bonchev–Trinajstić information content (AvgIpc) is 3.02. The van der Waals surface area contributed by atoms with Crippen LogP contribution in [0.15, 0.2) is 27.8 Å². The number of fused-ring (bicyclic) bond motifs is 2. The van der Waals surface area contributed by atoms with Crippen LogP contribution in [0.5, 0.6) is 0 Å². The lowest BCUT2D eigenvalue weighted by molar-refractivity contribution is 0.848. The van der Waals surface area contributed by atoms with Crippen molar-refractivity contribution in [3.8, 4) is 12.3 Å². The van der Waals surface area contributed by atoms with Crippen LogP contribution in [0.1, 0.15) is 22.7 Å². The van der Waals surface area contributed by atoms with Gasteiger partial charge in [0.2, 0.25) is 5.96 Å². The molecule has 0 bridgehead atoms. The van der Waals surface area contributed by atoms with Crippen LogP contribution in [-0.4, -0.2) is 21.1 Å². The second kappa shape index (κ2) is 6.16. The molecule has 0 radical (unpaired) electrons. The van der Waals surface area contributed by atoms with Gasteiger partial charge in [-0.25, -0.2) is 9.98 Å². The second-order valence-electron chi connectivity index (χ2n) is 5.72. The number of halogens is 1.